The first kappa shape index (κ1) is 17.2. The van der Waals surface area contributed by atoms with Crippen LogP contribution in [0.4, 0.5) is 11.5 Å². The van der Waals surface area contributed by atoms with Crippen LogP contribution in [0.2, 0.25) is 0 Å². The van der Waals surface area contributed by atoms with Crippen LogP contribution >= 0.6 is 0 Å². The number of anilines is 2. The van der Waals surface area contributed by atoms with E-state index < -0.39 is 11.0 Å². The van der Waals surface area contributed by atoms with E-state index in [1.54, 1.807) is 22.5 Å². The molecule has 1 aliphatic heterocycles. The van der Waals surface area contributed by atoms with E-state index in [0.717, 1.165) is 10.5 Å². The second-order valence-corrected chi connectivity index (χ2v) is 7.17. The average Bonchev–Trinajstić information content (AvgIpc) is 3.04. The van der Waals surface area contributed by atoms with Gasteiger partial charge >= 0.3 is 6.01 Å². The van der Waals surface area contributed by atoms with E-state index in [9.17, 15) is 9.00 Å². The van der Waals surface area contributed by atoms with Gasteiger partial charge in [-0.1, -0.05) is 36.4 Å². The van der Waals surface area contributed by atoms with E-state index in [4.69, 9.17) is 4.74 Å². The highest BCUT2D eigenvalue weighted by Crippen LogP contribution is 2.30. The highest BCUT2D eigenvalue weighted by molar-refractivity contribution is 7.86. The van der Waals surface area contributed by atoms with Crippen molar-refractivity contribution in [1.29, 1.82) is 0 Å². The normalized spacial score (nSPS) is 15.3. The summed E-state index contributed by atoms with van der Waals surface area (Å²) in [4.78, 5) is 21.1. The average molecular weight is 380 g/mol. The van der Waals surface area contributed by atoms with Crippen LogP contribution in [0.3, 0.4) is 0 Å². The van der Waals surface area contributed by atoms with Crippen molar-refractivity contribution in [3.63, 3.8) is 0 Å². The topological polar surface area (TPSA) is 84.4 Å². The second kappa shape index (κ2) is 7.55. The zero-order valence-electron chi connectivity index (χ0n) is 14.2. The molecule has 0 fully saturated rings. The highest BCUT2D eigenvalue weighted by atomic mass is 32.2. The van der Waals surface area contributed by atoms with Gasteiger partial charge in [-0.25, -0.2) is 9.19 Å². The predicted molar refractivity (Wildman–Crippen MR) is 102 cm³/mol. The molecule has 27 heavy (non-hydrogen) atoms. The van der Waals surface area contributed by atoms with Gasteiger partial charge in [0.2, 0.25) is 0 Å². The Morgan fingerprint density at radius 2 is 1.89 bits per heavy atom. The van der Waals surface area contributed by atoms with Gasteiger partial charge in [-0.15, -0.1) is 0 Å². The number of ether oxygens (including phenoxy) is 1. The van der Waals surface area contributed by atoms with Crippen LogP contribution in [-0.2, 0) is 22.3 Å². The summed E-state index contributed by atoms with van der Waals surface area (Å²) in [5, 5.41) is 2.72. The van der Waals surface area contributed by atoms with Crippen LogP contribution in [0.15, 0.2) is 71.8 Å². The highest BCUT2D eigenvalue weighted by Gasteiger charge is 2.28. The summed E-state index contributed by atoms with van der Waals surface area (Å²) < 4.78 is 19.7. The Bertz CT molecular complexity index is 997. The SMILES string of the molecule is O=C(COc1nccc(N2Cc3ccccc3S2=O)n1)Nc1ccccc1. The minimum Gasteiger partial charge on any atom is -0.453 e. The zero-order valence-corrected chi connectivity index (χ0v) is 15.1. The van der Waals surface area contributed by atoms with E-state index >= 15 is 0 Å². The summed E-state index contributed by atoms with van der Waals surface area (Å²) in [6.07, 6.45) is 1.52. The van der Waals surface area contributed by atoms with E-state index in [1.165, 1.54) is 6.20 Å². The number of hydrogen-bond donors (Lipinski definition) is 1. The molecule has 8 heteroatoms. The van der Waals surface area contributed by atoms with Crippen molar-refractivity contribution in [3.8, 4) is 6.01 Å². The quantitative estimate of drug-likeness (QED) is 0.735. The maximum Gasteiger partial charge on any atom is 0.318 e. The molecule has 1 aromatic heterocycles. The van der Waals surface area contributed by atoms with Gasteiger partial charge in [0.25, 0.3) is 5.91 Å². The summed E-state index contributed by atoms with van der Waals surface area (Å²) in [7, 11) is -1.33. The summed E-state index contributed by atoms with van der Waals surface area (Å²) in [5.74, 6) is 0.172. The molecule has 7 nitrogen and oxygen atoms in total. The Labute approximate surface area is 158 Å². The lowest BCUT2D eigenvalue weighted by Crippen LogP contribution is -2.22. The molecule has 0 radical (unpaired) electrons. The second-order valence-electron chi connectivity index (χ2n) is 5.79. The van der Waals surface area contributed by atoms with E-state index in [2.05, 4.69) is 15.3 Å². The van der Waals surface area contributed by atoms with Gasteiger partial charge in [-0.05, 0) is 23.8 Å². The maximum absolute atomic E-state index is 12.6. The Hall–Kier alpha value is -3.26. The smallest absolute Gasteiger partial charge is 0.318 e. The molecule has 0 saturated heterocycles. The maximum atomic E-state index is 12.6. The molecule has 1 amide bonds. The fraction of sp³-hybridized carbons (Fsp3) is 0.105. The Morgan fingerprint density at radius 3 is 2.70 bits per heavy atom. The largest absolute Gasteiger partial charge is 0.453 e. The number of carbonyl (C=O) groups excluding carboxylic acids is 1. The van der Waals surface area contributed by atoms with Gasteiger partial charge < -0.3 is 10.1 Å². The van der Waals surface area contributed by atoms with E-state index in [0.29, 0.717) is 18.1 Å². The Kier molecular flexibility index (Phi) is 4.80. The van der Waals surface area contributed by atoms with Crippen molar-refractivity contribution < 1.29 is 13.7 Å². The Morgan fingerprint density at radius 1 is 1.11 bits per heavy atom. The summed E-state index contributed by atoms with van der Waals surface area (Å²) in [6.45, 7) is 0.273. The number of aromatic nitrogens is 2. The van der Waals surface area contributed by atoms with Gasteiger partial charge in [0, 0.05) is 18.0 Å². The molecule has 0 bridgehead atoms. The van der Waals surface area contributed by atoms with Gasteiger partial charge in [0.1, 0.15) is 5.82 Å². The molecule has 2 heterocycles. The monoisotopic (exact) mass is 380 g/mol. The minimum atomic E-state index is -1.33. The molecule has 4 rings (SSSR count). The minimum absolute atomic E-state index is 0.0590. The Balaban J connectivity index is 1.41. The number of rotatable bonds is 5. The fourth-order valence-electron chi connectivity index (χ4n) is 2.69. The van der Waals surface area contributed by atoms with Gasteiger partial charge in [0.15, 0.2) is 17.6 Å². The third-order valence-corrected chi connectivity index (χ3v) is 5.43. The first-order valence-electron chi connectivity index (χ1n) is 8.29. The number of benzene rings is 2. The van der Waals surface area contributed by atoms with Gasteiger partial charge in [0.05, 0.1) is 11.4 Å². The van der Waals surface area contributed by atoms with Crippen LogP contribution in [-0.4, -0.2) is 26.7 Å². The van der Waals surface area contributed by atoms with Crippen LogP contribution < -0.4 is 14.4 Å². The number of nitrogens with one attached hydrogen (secondary N) is 1. The number of para-hydroxylation sites is 1. The lowest BCUT2D eigenvalue weighted by Gasteiger charge is -2.15. The molecule has 0 saturated carbocycles. The number of amides is 1. The molecule has 3 aromatic rings. The first-order chi connectivity index (χ1) is 13.2. The summed E-state index contributed by atoms with van der Waals surface area (Å²) in [6, 6.07) is 18.4. The number of hydrogen-bond acceptors (Lipinski definition) is 5. The number of carbonyl (C=O) groups is 1. The molecule has 1 unspecified atom stereocenters. The molecule has 0 spiro atoms. The summed E-state index contributed by atoms with van der Waals surface area (Å²) >= 11 is 0. The first-order valence-corrected chi connectivity index (χ1v) is 9.39. The fourth-order valence-corrected chi connectivity index (χ4v) is 4.01. The van der Waals surface area contributed by atoms with E-state index in [1.807, 2.05) is 42.5 Å². The standard InChI is InChI=1S/C19H16N4O3S/c24-18(21-15-7-2-1-3-8-15)13-26-19-20-11-10-17(22-19)23-12-14-6-4-5-9-16(14)27(23)25/h1-11H,12-13H2,(H,21,24). The lowest BCUT2D eigenvalue weighted by molar-refractivity contribution is -0.118. The molecular weight excluding hydrogens is 364 g/mol. The number of nitrogens with zero attached hydrogens (tertiary/aromatic N) is 3. The lowest BCUT2D eigenvalue weighted by atomic mass is 10.2. The third-order valence-electron chi connectivity index (χ3n) is 3.94. The predicted octanol–water partition coefficient (Wildman–Crippen LogP) is 2.54. The number of fused-ring (bicyclic) bond motifs is 1. The van der Waals surface area contributed by atoms with Crippen LogP contribution in [0.5, 0.6) is 6.01 Å². The molecule has 2 aromatic carbocycles. The molecular formula is C19H16N4O3S. The van der Waals surface area contributed by atoms with Crippen LogP contribution in [0.1, 0.15) is 5.56 Å². The van der Waals surface area contributed by atoms with Crippen molar-refractivity contribution >= 4 is 28.4 Å². The van der Waals surface area contributed by atoms with Crippen LogP contribution in [0, 0.1) is 0 Å². The van der Waals surface area contributed by atoms with Crippen molar-refractivity contribution in [3.05, 3.63) is 72.4 Å². The molecule has 1 aliphatic rings. The zero-order chi connectivity index (χ0) is 18.6. The molecule has 0 aliphatic carbocycles. The van der Waals surface area contributed by atoms with Crippen LogP contribution in [0.25, 0.3) is 0 Å². The van der Waals surface area contributed by atoms with Crippen molar-refractivity contribution in [1.82, 2.24) is 9.97 Å². The van der Waals surface area contributed by atoms with E-state index in [-0.39, 0.29) is 18.5 Å². The third kappa shape index (κ3) is 3.80. The molecule has 1 atom stereocenters. The molecule has 136 valence electrons. The van der Waals surface area contributed by atoms with Crippen molar-refractivity contribution in [2.75, 3.05) is 16.2 Å². The van der Waals surface area contributed by atoms with Gasteiger partial charge in [-0.3, -0.25) is 9.10 Å². The van der Waals surface area contributed by atoms with Crippen molar-refractivity contribution in [2.45, 2.75) is 11.4 Å². The van der Waals surface area contributed by atoms with Gasteiger partial charge in [-0.2, -0.15) is 4.98 Å². The molecule has 1 N–H and O–H groups in total. The summed E-state index contributed by atoms with van der Waals surface area (Å²) in [5.41, 5.74) is 1.69. The van der Waals surface area contributed by atoms with Crippen molar-refractivity contribution in [2.24, 2.45) is 0 Å².